The zero-order valence-electron chi connectivity index (χ0n) is 26.8. The van der Waals surface area contributed by atoms with E-state index in [1.54, 1.807) is 29.2 Å². The summed E-state index contributed by atoms with van der Waals surface area (Å²) < 4.78 is 27.5. The number of thiol groups is 1. The molecule has 5 N–H and O–H groups in total. The Labute approximate surface area is 291 Å². The molecule has 2 aromatic carbocycles. The number of fused-ring (bicyclic) bond motifs is 1. The number of sulfonamides is 1. The molecule has 13 nitrogen and oxygen atoms in total. The van der Waals surface area contributed by atoms with E-state index in [2.05, 4.69) is 45.2 Å². The van der Waals surface area contributed by atoms with Crippen LogP contribution in [0.15, 0.2) is 54.7 Å². The summed E-state index contributed by atoms with van der Waals surface area (Å²) in [6, 6.07) is 11.8. The fraction of sp³-hybridized carbons (Fsp3) is 0.406. The van der Waals surface area contributed by atoms with Gasteiger partial charge in [-0.05, 0) is 62.6 Å². The monoisotopic (exact) mass is 720 g/mol. The standard InChI is InChI=1S/C32H41ClN6O7S2/c1-20-6-11-27-26(14-20)25(22(3)39(27)32(44)23-7-9-24(33)10-8-23)15-28(40)38-48(45,46)13-5-4-12-34-29(41)18-37-30(42)17-35-21(2)16-36-31(43)19-47/h6-11,14,22,25,35,47H,2,4-5,12-13,15-19H2,1,3H3,(H,34,41)(H,36,43)(H,37,42)(H,38,40). The van der Waals surface area contributed by atoms with Gasteiger partial charge in [0.15, 0.2) is 0 Å². The third kappa shape index (κ3) is 11.6. The van der Waals surface area contributed by atoms with Gasteiger partial charge in [0.05, 0.1) is 31.1 Å². The van der Waals surface area contributed by atoms with Gasteiger partial charge in [-0.3, -0.25) is 28.7 Å². The Balaban J connectivity index is 1.41. The molecule has 1 heterocycles. The molecular weight excluding hydrogens is 680 g/mol. The highest BCUT2D eigenvalue weighted by molar-refractivity contribution is 7.90. The summed E-state index contributed by atoms with van der Waals surface area (Å²) in [5, 5.41) is 10.8. The molecule has 2 atom stereocenters. The minimum Gasteiger partial charge on any atom is -0.379 e. The first-order valence-corrected chi connectivity index (χ1v) is 17.9. The lowest BCUT2D eigenvalue weighted by molar-refractivity contribution is -0.125. The number of amides is 5. The number of rotatable bonds is 17. The maximum Gasteiger partial charge on any atom is 0.258 e. The van der Waals surface area contributed by atoms with Crippen molar-refractivity contribution in [3.63, 3.8) is 0 Å². The fourth-order valence-electron chi connectivity index (χ4n) is 5.10. The van der Waals surface area contributed by atoms with Crippen LogP contribution in [-0.4, -0.2) is 81.7 Å². The fourth-order valence-corrected chi connectivity index (χ4v) is 6.45. The molecule has 2 unspecified atom stereocenters. The number of nitrogens with zero attached hydrogens (tertiary/aromatic N) is 1. The van der Waals surface area contributed by atoms with Gasteiger partial charge in [0, 0.05) is 46.9 Å². The average molecular weight is 721 g/mol. The maximum atomic E-state index is 13.5. The summed E-state index contributed by atoms with van der Waals surface area (Å²) in [6.07, 6.45) is 0.359. The number of anilines is 1. The van der Waals surface area contributed by atoms with E-state index < -0.39 is 39.7 Å². The van der Waals surface area contributed by atoms with Crippen LogP contribution in [0.1, 0.15) is 53.6 Å². The van der Waals surface area contributed by atoms with Gasteiger partial charge in [-0.25, -0.2) is 8.42 Å². The van der Waals surface area contributed by atoms with Crippen LogP contribution in [0.25, 0.3) is 0 Å². The third-order valence-electron chi connectivity index (χ3n) is 7.57. The Bertz CT molecular complexity index is 1640. The molecule has 0 saturated carbocycles. The maximum absolute atomic E-state index is 13.5. The number of hydrogen-bond acceptors (Lipinski definition) is 9. The molecular formula is C32H41ClN6O7S2. The highest BCUT2D eigenvalue weighted by Gasteiger charge is 2.40. The van der Waals surface area contributed by atoms with Crippen molar-refractivity contribution >= 4 is 69.5 Å². The summed E-state index contributed by atoms with van der Waals surface area (Å²) in [7, 11) is -3.95. The minimum absolute atomic E-state index is 0.0298. The Kier molecular flexibility index (Phi) is 14.3. The van der Waals surface area contributed by atoms with Crippen LogP contribution in [0, 0.1) is 6.92 Å². The second-order valence-corrected chi connectivity index (χ2v) is 14.0. The van der Waals surface area contributed by atoms with Gasteiger partial charge in [0.2, 0.25) is 33.7 Å². The van der Waals surface area contributed by atoms with Crippen LogP contribution in [0.3, 0.4) is 0 Å². The first-order chi connectivity index (χ1) is 22.7. The molecule has 5 amide bonds. The van der Waals surface area contributed by atoms with Crippen LogP contribution >= 0.6 is 24.2 Å². The molecule has 0 bridgehead atoms. The molecule has 16 heteroatoms. The van der Waals surface area contributed by atoms with Crippen molar-refractivity contribution in [2.75, 3.05) is 42.6 Å². The number of unbranched alkanes of at least 4 members (excludes halogenated alkanes) is 1. The largest absolute Gasteiger partial charge is 0.379 e. The summed E-state index contributed by atoms with van der Waals surface area (Å²) in [6.45, 7) is 7.31. The number of nitrogens with one attached hydrogen (secondary N) is 5. The van der Waals surface area contributed by atoms with Crippen LogP contribution in [0.4, 0.5) is 5.69 Å². The van der Waals surface area contributed by atoms with Crippen LogP contribution in [0.5, 0.6) is 0 Å². The zero-order chi connectivity index (χ0) is 35.4. The molecule has 1 aliphatic rings. The van der Waals surface area contributed by atoms with Crippen molar-refractivity contribution in [1.82, 2.24) is 26.0 Å². The lowest BCUT2D eigenvalue weighted by Gasteiger charge is -2.25. The summed E-state index contributed by atoms with van der Waals surface area (Å²) in [5.74, 6) is -2.84. The van der Waals surface area contributed by atoms with E-state index in [4.69, 9.17) is 11.6 Å². The number of carbonyl (C=O) groups excluding carboxylic acids is 5. The molecule has 0 saturated heterocycles. The number of carbonyl (C=O) groups is 5. The lowest BCUT2D eigenvalue weighted by atomic mass is 9.91. The van der Waals surface area contributed by atoms with Gasteiger partial charge in [-0.2, -0.15) is 12.6 Å². The van der Waals surface area contributed by atoms with Crippen molar-refractivity contribution in [3.8, 4) is 0 Å². The van der Waals surface area contributed by atoms with Gasteiger partial charge in [-0.15, -0.1) is 0 Å². The molecule has 0 radical (unpaired) electrons. The first-order valence-electron chi connectivity index (χ1n) is 15.3. The molecule has 0 fully saturated rings. The average Bonchev–Trinajstić information content (AvgIpc) is 3.30. The summed E-state index contributed by atoms with van der Waals surface area (Å²) >= 11 is 9.83. The molecule has 260 valence electrons. The van der Waals surface area contributed by atoms with E-state index in [1.807, 2.05) is 32.0 Å². The summed E-state index contributed by atoms with van der Waals surface area (Å²) in [4.78, 5) is 63.2. The van der Waals surface area contributed by atoms with Gasteiger partial charge in [0.25, 0.3) is 5.91 Å². The predicted octanol–water partition coefficient (Wildman–Crippen LogP) is 1.78. The Morgan fingerprint density at radius 3 is 2.21 bits per heavy atom. The quantitative estimate of drug-likeness (QED) is 0.106. The van der Waals surface area contributed by atoms with Crippen LogP contribution in [-0.2, 0) is 29.2 Å². The smallest absolute Gasteiger partial charge is 0.258 e. The van der Waals surface area contributed by atoms with Gasteiger partial charge in [-0.1, -0.05) is 35.9 Å². The zero-order valence-corrected chi connectivity index (χ0v) is 29.3. The van der Waals surface area contributed by atoms with Crippen molar-refractivity contribution in [1.29, 1.82) is 0 Å². The van der Waals surface area contributed by atoms with Crippen molar-refractivity contribution < 1.29 is 32.4 Å². The van der Waals surface area contributed by atoms with E-state index in [1.165, 1.54) is 0 Å². The van der Waals surface area contributed by atoms with E-state index >= 15 is 0 Å². The second kappa shape index (κ2) is 17.9. The van der Waals surface area contributed by atoms with Gasteiger partial charge >= 0.3 is 0 Å². The molecule has 3 rings (SSSR count). The van der Waals surface area contributed by atoms with E-state index in [0.29, 0.717) is 28.4 Å². The number of aryl methyl sites for hydroxylation is 1. The second-order valence-electron chi connectivity index (χ2n) is 11.4. The van der Waals surface area contributed by atoms with E-state index in [0.717, 1.165) is 11.1 Å². The Morgan fingerprint density at radius 2 is 1.52 bits per heavy atom. The number of benzene rings is 2. The molecule has 0 aromatic heterocycles. The Hall–Kier alpha value is -4.08. The van der Waals surface area contributed by atoms with Crippen LogP contribution in [0.2, 0.25) is 5.02 Å². The lowest BCUT2D eigenvalue weighted by Crippen LogP contribution is -2.41. The topological polar surface area (TPSA) is 183 Å². The first kappa shape index (κ1) is 38.4. The predicted molar refractivity (Wildman–Crippen MR) is 187 cm³/mol. The van der Waals surface area contributed by atoms with Crippen molar-refractivity contribution in [2.45, 2.75) is 45.1 Å². The van der Waals surface area contributed by atoms with Crippen molar-refractivity contribution in [2.24, 2.45) is 0 Å². The molecule has 0 spiro atoms. The van der Waals surface area contributed by atoms with Gasteiger partial charge in [0.1, 0.15) is 0 Å². The normalized spacial score (nSPS) is 15.2. The minimum atomic E-state index is -3.95. The number of hydrogen-bond donors (Lipinski definition) is 6. The highest BCUT2D eigenvalue weighted by Crippen LogP contribution is 2.44. The van der Waals surface area contributed by atoms with E-state index in [-0.39, 0.29) is 62.3 Å². The molecule has 2 aromatic rings. The third-order valence-corrected chi connectivity index (χ3v) is 9.47. The highest BCUT2D eigenvalue weighted by atomic mass is 35.5. The molecule has 0 aliphatic carbocycles. The SMILES string of the molecule is C=C(CNC(=O)CS)NCC(=O)NCC(=O)NCCCCS(=O)(=O)NC(=O)CC1c2cc(C)ccc2N(C(=O)c2ccc(Cl)cc2)C1C. The Morgan fingerprint density at radius 1 is 0.875 bits per heavy atom. The van der Waals surface area contributed by atoms with E-state index in [9.17, 15) is 32.4 Å². The molecule has 48 heavy (non-hydrogen) atoms. The number of halogens is 1. The van der Waals surface area contributed by atoms with Gasteiger partial charge < -0.3 is 26.2 Å². The molecule has 1 aliphatic heterocycles. The summed E-state index contributed by atoms with van der Waals surface area (Å²) in [5.41, 5.74) is 3.26. The van der Waals surface area contributed by atoms with Crippen molar-refractivity contribution in [3.05, 3.63) is 76.5 Å². The van der Waals surface area contributed by atoms with Crippen LogP contribution < -0.4 is 30.9 Å².